The summed E-state index contributed by atoms with van der Waals surface area (Å²) in [6, 6.07) is 0.920. The molecule has 1 rings (SSSR count). The van der Waals surface area contributed by atoms with Crippen molar-refractivity contribution in [3.05, 3.63) is 0 Å². The number of carbonyl (C=O) groups is 1. The fraction of sp³-hybridized carbons (Fsp3) is 0.923. The van der Waals surface area contributed by atoms with E-state index in [1.165, 1.54) is 0 Å². The van der Waals surface area contributed by atoms with Gasteiger partial charge in [0, 0.05) is 31.0 Å². The molecule has 2 heteroatoms. The van der Waals surface area contributed by atoms with E-state index in [4.69, 9.17) is 0 Å². The molecule has 0 aromatic rings. The third kappa shape index (κ3) is 2.60. The lowest BCUT2D eigenvalue weighted by Crippen LogP contribution is -2.54. The van der Waals surface area contributed by atoms with Crippen molar-refractivity contribution in [2.75, 3.05) is 6.54 Å². The van der Waals surface area contributed by atoms with Crippen LogP contribution in [0.15, 0.2) is 0 Å². The van der Waals surface area contributed by atoms with Crippen LogP contribution in [0.25, 0.3) is 0 Å². The van der Waals surface area contributed by atoms with Crippen LogP contribution in [0.5, 0.6) is 0 Å². The van der Waals surface area contributed by atoms with Crippen molar-refractivity contribution in [3.8, 4) is 0 Å². The first-order chi connectivity index (χ1) is 6.75. The molecule has 0 spiro atoms. The highest BCUT2D eigenvalue weighted by molar-refractivity contribution is 5.82. The maximum atomic E-state index is 11.6. The molecule has 0 aromatic carbocycles. The molecular formula is C13H25NO. The number of ketones is 1. The number of Topliss-reactive ketones (excluding diaryl/α,β-unsaturated/α-hetero) is 1. The molecule has 3 atom stereocenters. The molecule has 1 heterocycles. The summed E-state index contributed by atoms with van der Waals surface area (Å²) in [5.41, 5.74) is 0.286. The molecule has 0 aromatic heterocycles. The van der Waals surface area contributed by atoms with Gasteiger partial charge in [0.25, 0.3) is 0 Å². The van der Waals surface area contributed by atoms with Gasteiger partial charge in [0.2, 0.25) is 0 Å². The van der Waals surface area contributed by atoms with Gasteiger partial charge in [-0.15, -0.1) is 0 Å². The summed E-state index contributed by atoms with van der Waals surface area (Å²) < 4.78 is 0. The van der Waals surface area contributed by atoms with Gasteiger partial charge in [-0.25, -0.2) is 0 Å². The lowest BCUT2D eigenvalue weighted by molar-refractivity contribution is -0.129. The molecule has 0 radical (unpaired) electrons. The lowest BCUT2D eigenvalue weighted by atomic mass is 9.82. The zero-order chi connectivity index (χ0) is 11.8. The molecule has 1 fully saturated rings. The number of hydrogen-bond acceptors (Lipinski definition) is 2. The molecule has 3 unspecified atom stereocenters. The predicted molar refractivity (Wildman–Crippen MR) is 63.9 cm³/mol. The summed E-state index contributed by atoms with van der Waals surface area (Å²) in [7, 11) is 0. The smallest absolute Gasteiger partial charge is 0.138 e. The molecule has 1 saturated heterocycles. The van der Waals surface area contributed by atoms with Crippen LogP contribution in [0, 0.1) is 11.3 Å². The second-order valence-electron chi connectivity index (χ2n) is 6.03. The third-order valence-electron chi connectivity index (χ3n) is 4.12. The number of carbonyl (C=O) groups excluding carboxylic acids is 1. The van der Waals surface area contributed by atoms with Crippen molar-refractivity contribution in [2.45, 2.75) is 60.0 Å². The van der Waals surface area contributed by atoms with E-state index in [0.717, 1.165) is 13.0 Å². The van der Waals surface area contributed by atoms with Gasteiger partial charge in [0.05, 0.1) is 0 Å². The Hall–Kier alpha value is -0.370. The van der Waals surface area contributed by atoms with Crippen LogP contribution in [-0.4, -0.2) is 29.3 Å². The van der Waals surface area contributed by atoms with Gasteiger partial charge in [0.1, 0.15) is 5.78 Å². The second-order valence-corrected chi connectivity index (χ2v) is 6.03. The summed E-state index contributed by atoms with van der Waals surface area (Å²) in [5.74, 6) is 0.628. The van der Waals surface area contributed by atoms with Crippen molar-refractivity contribution in [2.24, 2.45) is 11.3 Å². The Morgan fingerprint density at radius 1 is 1.33 bits per heavy atom. The van der Waals surface area contributed by atoms with Gasteiger partial charge in [-0.2, -0.15) is 0 Å². The minimum atomic E-state index is 0.198. The second kappa shape index (κ2) is 4.25. The standard InChI is InChI=1S/C13H25NO/c1-9-10(2)14(8-7-12(9)15)11(3)13(4,5)6/h9-11H,7-8H2,1-6H3. The Bertz CT molecular complexity index is 241. The van der Waals surface area contributed by atoms with Crippen molar-refractivity contribution in [3.63, 3.8) is 0 Å². The molecule has 0 amide bonds. The van der Waals surface area contributed by atoms with Gasteiger partial charge in [-0.3, -0.25) is 9.69 Å². The zero-order valence-electron chi connectivity index (χ0n) is 11.0. The van der Waals surface area contributed by atoms with Crippen molar-refractivity contribution in [1.29, 1.82) is 0 Å². The minimum Gasteiger partial charge on any atom is -0.299 e. The largest absolute Gasteiger partial charge is 0.299 e. The SMILES string of the molecule is CC1C(=O)CCN(C(C)C(C)(C)C)C1C. The Labute approximate surface area is 94.0 Å². The van der Waals surface area contributed by atoms with E-state index in [0.29, 0.717) is 17.9 Å². The Kier molecular flexibility index (Phi) is 3.59. The summed E-state index contributed by atoms with van der Waals surface area (Å²) in [6.07, 6.45) is 0.728. The van der Waals surface area contributed by atoms with Gasteiger partial charge >= 0.3 is 0 Å². The Morgan fingerprint density at radius 3 is 2.33 bits per heavy atom. The monoisotopic (exact) mass is 211 g/mol. The fourth-order valence-electron chi connectivity index (χ4n) is 2.27. The lowest BCUT2D eigenvalue weighted by Gasteiger charge is -2.45. The molecule has 15 heavy (non-hydrogen) atoms. The maximum absolute atomic E-state index is 11.6. The fourth-order valence-corrected chi connectivity index (χ4v) is 2.27. The molecule has 1 aliphatic heterocycles. The van der Waals surface area contributed by atoms with Gasteiger partial charge in [-0.05, 0) is 19.3 Å². The van der Waals surface area contributed by atoms with Crippen LogP contribution < -0.4 is 0 Å². The summed E-state index contributed by atoms with van der Waals surface area (Å²) in [6.45, 7) is 14.3. The Balaban J connectivity index is 2.76. The highest BCUT2D eigenvalue weighted by atomic mass is 16.1. The molecule has 0 aliphatic carbocycles. The Morgan fingerprint density at radius 2 is 1.87 bits per heavy atom. The van der Waals surface area contributed by atoms with Gasteiger partial charge < -0.3 is 0 Å². The molecule has 88 valence electrons. The molecule has 1 aliphatic rings. The highest BCUT2D eigenvalue weighted by Crippen LogP contribution is 2.30. The molecule has 0 N–H and O–H groups in total. The van der Waals surface area contributed by atoms with E-state index in [-0.39, 0.29) is 11.3 Å². The van der Waals surface area contributed by atoms with E-state index in [1.54, 1.807) is 0 Å². The summed E-state index contributed by atoms with van der Waals surface area (Å²) >= 11 is 0. The number of rotatable bonds is 1. The van der Waals surface area contributed by atoms with Crippen molar-refractivity contribution >= 4 is 5.78 Å². The first kappa shape index (κ1) is 12.7. The molecule has 0 bridgehead atoms. The minimum absolute atomic E-state index is 0.198. The number of likely N-dealkylation sites (tertiary alicyclic amines) is 1. The molecule has 2 nitrogen and oxygen atoms in total. The third-order valence-corrected chi connectivity index (χ3v) is 4.12. The van der Waals surface area contributed by atoms with Crippen molar-refractivity contribution < 1.29 is 4.79 Å². The number of hydrogen-bond donors (Lipinski definition) is 0. The van der Waals surface area contributed by atoms with E-state index in [1.807, 2.05) is 0 Å². The summed E-state index contributed by atoms with van der Waals surface area (Å²) in [5, 5.41) is 0. The first-order valence-corrected chi connectivity index (χ1v) is 6.03. The van der Waals surface area contributed by atoms with Crippen LogP contribution in [0.1, 0.15) is 48.0 Å². The highest BCUT2D eigenvalue weighted by Gasteiger charge is 2.36. The van der Waals surface area contributed by atoms with Crippen LogP contribution in [0.2, 0.25) is 0 Å². The predicted octanol–water partition coefficient (Wildman–Crippen LogP) is 2.72. The number of nitrogens with zero attached hydrogens (tertiary/aromatic N) is 1. The normalized spacial score (nSPS) is 31.7. The quantitative estimate of drug-likeness (QED) is 0.664. The first-order valence-electron chi connectivity index (χ1n) is 6.03. The van der Waals surface area contributed by atoms with E-state index in [9.17, 15) is 4.79 Å². The van der Waals surface area contributed by atoms with Crippen LogP contribution in [0.3, 0.4) is 0 Å². The van der Waals surface area contributed by atoms with E-state index in [2.05, 4.69) is 46.4 Å². The average Bonchev–Trinajstić information content (AvgIpc) is 2.12. The van der Waals surface area contributed by atoms with Gasteiger partial charge in [0.15, 0.2) is 0 Å². The van der Waals surface area contributed by atoms with Crippen LogP contribution in [-0.2, 0) is 4.79 Å². The summed E-state index contributed by atoms with van der Waals surface area (Å²) in [4.78, 5) is 14.1. The zero-order valence-corrected chi connectivity index (χ0v) is 11.0. The average molecular weight is 211 g/mol. The topological polar surface area (TPSA) is 20.3 Å². The van der Waals surface area contributed by atoms with Crippen molar-refractivity contribution in [1.82, 2.24) is 4.90 Å². The maximum Gasteiger partial charge on any atom is 0.138 e. The molecular weight excluding hydrogens is 186 g/mol. The van der Waals surface area contributed by atoms with Crippen LogP contribution >= 0.6 is 0 Å². The van der Waals surface area contributed by atoms with E-state index < -0.39 is 0 Å². The van der Waals surface area contributed by atoms with E-state index >= 15 is 0 Å². The van der Waals surface area contributed by atoms with Gasteiger partial charge in [-0.1, -0.05) is 27.7 Å². The number of piperidine rings is 1. The molecule has 0 saturated carbocycles. The van der Waals surface area contributed by atoms with Crippen LogP contribution in [0.4, 0.5) is 0 Å².